The Morgan fingerprint density at radius 2 is 1.85 bits per heavy atom. The lowest BCUT2D eigenvalue weighted by Crippen LogP contribution is -2.17. The molecule has 4 heteroatoms. The Morgan fingerprint density at radius 1 is 1.12 bits per heavy atom. The zero-order valence-corrected chi connectivity index (χ0v) is 16.3. The number of ketones is 1. The van der Waals surface area contributed by atoms with Crippen LogP contribution in [0, 0.1) is 19.8 Å². The van der Waals surface area contributed by atoms with Gasteiger partial charge < -0.3 is 0 Å². The molecule has 0 aliphatic heterocycles. The number of hydrogen-bond donors (Lipinski definition) is 0. The van der Waals surface area contributed by atoms with Crippen LogP contribution in [0.1, 0.15) is 38.5 Å². The maximum atomic E-state index is 13.6. The smallest absolute Gasteiger partial charge is 0.213 e. The van der Waals surface area contributed by atoms with E-state index in [1.165, 1.54) is 12.3 Å². The summed E-state index contributed by atoms with van der Waals surface area (Å²) in [6, 6.07) is 17.1. The average Bonchev–Trinajstić information content (AvgIpc) is 2.62. The van der Waals surface area contributed by atoms with Gasteiger partial charge in [-0.15, -0.1) is 0 Å². The molecule has 1 atom stereocenters. The third-order valence-electron chi connectivity index (χ3n) is 4.45. The molecule has 0 spiro atoms. The van der Waals surface area contributed by atoms with Gasteiger partial charge in [0.2, 0.25) is 5.95 Å². The van der Waals surface area contributed by atoms with Gasteiger partial charge in [-0.1, -0.05) is 57.9 Å². The summed E-state index contributed by atoms with van der Waals surface area (Å²) in [6.07, 6.45) is 1.97. The summed E-state index contributed by atoms with van der Waals surface area (Å²) in [7, 11) is 0. The highest BCUT2D eigenvalue weighted by atomic mass is 79.9. The number of pyridine rings is 1. The lowest BCUT2D eigenvalue weighted by atomic mass is 9.84. The molecule has 0 aliphatic carbocycles. The van der Waals surface area contributed by atoms with Crippen molar-refractivity contribution in [3.05, 3.63) is 99.0 Å². The minimum absolute atomic E-state index is 0.0858. The van der Waals surface area contributed by atoms with Crippen molar-refractivity contribution in [2.75, 3.05) is 0 Å². The first kappa shape index (κ1) is 18.5. The molecule has 0 aliphatic rings. The minimum atomic E-state index is -0.634. The Kier molecular flexibility index (Phi) is 5.62. The van der Waals surface area contributed by atoms with Crippen LogP contribution in [-0.2, 0) is 6.42 Å². The third kappa shape index (κ3) is 4.25. The van der Waals surface area contributed by atoms with Crippen LogP contribution in [0.2, 0.25) is 0 Å². The fourth-order valence-electron chi connectivity index (χ4n) is 3.06. The molecule has 1 heterocycles. The van der Waals surface area contributed by atoms with E-state index in [1.54, 1.807) is 6.92 Å². The molecule has 3 rings (SSSR count). The summed E-state index contributed by atoms with van der Waals surface area (Å²) in [5.41, 5.74) is 4.16. The van der Waals surface area contributed by atoms with Crippen LogP contribution in [0.3, 0.4) is 0 Å². The van der Waals surface area contributed by atoms with E-state index in [1.807, 2.05) is 55.5 Å². The van der Waals surface area contributed by atoms with Gasteiger partial charge in [0.15, 0.2) is 5.78 Å². The van der Waals surface area contributed by atoms with Crippen LogP contribution in [-0.4, -0.2) is 10.8 Å². The van der Waals surface area contributed by atoms with E-state index < -0.39 is 5.95 Å². The molecule has 132 valence electrons. The molecule has 3 aromatic rings. The highest BCUT2D eigenvalue weighted by Gasteiger charge is 2.24. The molecule has 0 amide bonds. The predicted octanol–water partition coefficient (Wildman–Crippen LogP) is 5.81. The van der Waals surface area contributed by atoms with Crippen LogP contribution >= 0.6 is 15.9 Å². The summed E-state index contributed by atoms with van der Waals surface area (Å²) in [5.74, 6) is -1.10. The molecule has 0 fully saturated rings. The molecule has 1 unspecified atom stereocenters. The first-order chi connectivity index (χ1) is 12.4. The van der Waals surface area contributed by atoms with Crippen LogP contribution < -0.4 is 0 Å². The molecule has 0 saturated carbocycles. The number of Topliss-reactive ketones (excluding diaryl/α,β-unsaturated/α-hetero) is 1. The number of hydrogen-bond acceptors (Lipinski definition) is 2. The maximum Gasteiger partial charge on any atom is 0.213 e. The number of rotatable bonds is 5. The fraction of sp³-hybridized carbons (Fsp3) is 0.182. The Hall–Kier alpha value is -2.33. The van der Waals surface area contributed by atoms with E-state index in [9.17, 15) is 9.18 Å². The Morgan fingerprint density at radius 3 is 2.54 bits per heavy atom. The first-order valence-electron chi connectivity index (χ1n) is 8.41. The average molecular weight is 412 g/mol. The van der Waals surface area contributed by atoms with Gasteiger partial charge in [0.05, 0.1) is 5.92 Å². The summed E-state index contributed by atoms with van der Waals surface area (Å²) in [6.45, 7) is 3.79. The maximum absolute atomic E-state index is 13.6. The number of benzene rings is 2. The van der Waals surface area contributed by atoms with Gasteiger partial charge >= 0.3 is 0 Å². The highest BCUT2D eigenvalue weighted by Crippen LogP contribution is 2.28. The topological polar surface area (TPSA) is 30.0 Å². The molecular weight excluding hydrogens is 393 g/mol. The van der Waals surface area contributed by atoms with E-state index in [2.05, 4.69) is 20.9 Å². The molecule has 0 saturated heterocycles. The van der Waals surface area contributed by atoms with Gasteiger partial charge in [-0.25, -0.2) is 4.98 Å². The molecule has 0 N–H and O–H groups in total. The Balaban J connectivity index is 2.03. The Bertz CT molecular complexity index is 937. The number of aromatic nitrogens is 1. The van der Waals surface area contributed by atoms with Crippen molar-refractivity contribution in [1.29, 1.82) is 0 Å². The fourth-order valence-corrected chi connectivity index (χ4v) is 3.32. The lowest BCUT2D eigenvalue weighted by molar-refractivity contribution is 0.0957. The SMILES string of the molecule is Cc1cccc(C(Cc2ccc(Br)cc2)C(=O)c2cc(F)ncc2C)c1. The minimum Gasteiger partial charge on any atom is -0.293 e. The molecule has 2 aromatic carbocycles. The lowest BCUT2D eigenvalue weighted by Gasteiger charge is -2.18. The summed E-state index contributed by atoms with van der Waals surface area (Å²) in [5, 5.41) is 0. The largest absolute Gasteiger partial charge is 0.293 e. The van der Waals surface area contributed by atoms with Gasteiger partial charge in [-0.05, 0) is 49.1 Å². The van der Waals surface area contributed by atoms with E-state index in [0.29, 0.717) is 17.5 Å². The number of aryl methyl sites for hydroxylation is 2. The van der Waals surface area contributed by atoms with Crippen LogP contribution in [0.15, 0.2) is 65.3 Å². The second kappa shape index (κ2) is 7.92. The summed E-state index contributed by atoms with van der Waals surface area (Å²) < 4.78 is 14.6. The number of nitrogens with zero attached hydrogens (tertiary/aromatic N) is 1. The quantitative estimate of drug-likeness (QED) is 0.391. The normalized spacial score (nSPS) is 12.0. The van der Waals surface area contributed by atoms with E-state index >= 15 is 0 Å². The standard InChI is InChI=1S/C22H19BrFNO/c1-14-4-3-5-17(10-14)20(11-16-6-8-18(23)9-7-16)22(26)19-12-21(24)25-13-15(19)2/h3-10,12-13,20H,11H2,1-2H3. The molecule has 26 heavy (non-hydrogen) atoms. The van der Waals surface area contributed by atoms with Crippen molar-refractivity contribution >= 4 is 21.7 Å². The van der Waals surface area contributed by atoms with Gasteiger partial charge in [-0.3, -0.25) is 4.79 Å². The molecule has 1 aromatic heterocycles. The van der Waals surface area contributed by atoms with Gasteiger partial charge in [0.1, 0.15) is 0 Å². The monoisotopic (exact) mass is 411 g/mol. The first-order valence-corrected chi connectivity index (χ1v) is 9.20. The molecule has 2 nitrogen and oxygen atoms in total. The zero-order chi connectivity index (χ0) is 18.7. The van der Waals surface area contributed by atoms with E-state index in [4.69, 9.17) is 0 Å². The predicted molar refractivity (Wildman–Crippen MR) is 105 cm³/mol. The second-order valence-electron chi connectivity index (χ2n) is 6.48. The summed E-state index contributed by atoms with van der Waals surface area (Å²) in [4.78, 5) is 16.9. The molecule has 0 radical (unpaired) electrons. The van der Waals surface area contributed by atoms with Gasteiger partial charge in [0.25, 0.3) is 0 Å². The van der Waals surface area contributed by atoms with Crippen LogP contribution in [0.5, 0.6) is 0 Å². The van der Waals surface area contributed by atoms with Gasteiger partial charge in [-0.2, -0.15) is 4.39 Å². The number of carbonyl (C=O) groups excluding carboxylic acids is 1. The van der Waals surface area contributed by atoms with Crippen molar-refractivity contribution in [3.63, 3.8) is 0 Å². The molecular formula is C22H19BrFNO. The molecule has 0 bridgehead atoms. The van der Waals surface area contributed by atoms with Crippen molar-refractivity contribution < 1.29 is 9.18 Å². The Labute approximate surface area is 161 Å². The summed E-state index contributed by atoms with van der Waals surface area (Å²) >= 11 is 3.43. The van der Waals surface area contributed by atoms with Crippen LogP contribution in [0.4, 0.5) is 4.39 Å². The van der Waals surface area contributed by atoms with E-state index in [0.717, 1.165) is 21.2 Å². The van der Waals surface area contributed by atoms with Crippen molar-refractivity contribution in [3.8, 4) is 0 Å². The van der Waals surface area contributed by atoms with Gasteiger partial charge in [0, 0.05) is 22.3 Å². The van der Waals surface area contributed by atoms with Crippen molar-refractivity contribution in [2.24, 2.45) is 0 Å². The number of carbonyl (C=O) groups is 1. The van der Waals surface area contributed by atoms with E-state index in [-0.39, 0.29) is 11.7 Å². The third-order valence-corrected chi connectivity index (χ3v) is 4.98. The van der Waals surface area contributed by atoms with Crippen molar-refractivity contribution in [1.82, 2.24) is 4.98 Å². The number of halogens is 2. The second-order valence-corrected chi connectivity index (χ2v) is 7.40. The van der Waals surface area contributed by atoms with Crippen LogP contribution in [0.25, 0.3) is 0 Å². The highest BCUT2D eigenvalue weighted by molar-refractivity contribution is 9.10. The van der Waals surface area contributed by atoms with Crippen molar-refractivity contribution in [2.45, 2.75) is 26.2 Å². The zero-order valence-electron chi connectivity index (χ0n) is 14.7.